The number of nitrogens with zero attached hydrogens (tertiary/aromatic N) is 1. The van der Waals surface area contributed by atoms with Gasteiger partial charge in [-0.05, 0) is 64.1 Å². The number of piperidine rings is 1. The average molecular weight is 319 g/mol. The molecule has 1 aromatic carbocycles. The highest BCUT2D eigenvalue weighted by Gasteiger charge is 2.20. The second-order valence-electron chi connectivity index (χ2n) is 6.39. The summed E-state index contributed by atoms with van der Waals surface area (Å²) in [5.74, 6) is 1.23. The van der Waals surface area contributed by atoms with Gasteiger partial charge in [0.25, 0.3) is 0 Å². The van der Waals surface area contributed by atoms with Crippen LogP contribution >= 0.6 is 0 Å². The zero-order valence-corrected chi connectivity index (χ0v) is 14.3. The molecule has 2 N–H and O–H groups in total. The van der Waals surface area contributed by atoms with Crippen LogP contribution in [0.15, 0.2) is 24.3 Å². The molecule has 1 fully saturated rings. The maximum absolute atomic E-state index is 12.1. The molecule has 1 heterocycles. The van der Waals surface area contributed by atoms with Gasteiger partial charge in [-0.2, -0.15) is 0 Å². The van der Waals surface area contributed by atoms with Crippen molar-refractivity contribution in [1.82, 2.24) is 15.5 Å². The second-order valence-corrected chi connectivity index (χ2v) is 6.39. The third kappa shape index (κ3) is 6.59. The van der Waals surface area contributed by atoms with E-state index in [1.165, 1.54) is 0 Å². The lowest BCUT2D eigenvalue weighted by atomic mass is 9.97. The fourth-order valence-corrected chi connectivity index (χ4v) is 2.69. The van der Waals surface area contributed by atoms with E-state index in [1.54, 1.807) is 0 Å². The normalized spacial score (nSPS) is 15.6. The molecule has 0 aromatic heterocycles. The highest BCUT2D eigenvalue weighted by Crippen LogP contribution is 2.14. The van der Waals surface area contributed by atoms with Crippen molar-refractivity contribution in [3.05, 3.63) is 29.8 Å². The van der Waals surface area contributed by atoms with Crippen molar-refractivity contribution in [3.8, 4) is 5.75 Å². The van der Waals surface area contributed by atoms with Gasteiger partial charge < -0.3 is 20.3 Å². The molecule has 0 unspecified atom stereocenters. The lowest BCUT2D eigenvalue weighted by Crippen LogP contribution is -2.37. The summed E-state index contributed by atoms with van der Waals surface area (Å²) in [4.78, 5) is 14.3. The minimum atomic E-state index is 0.163. The molecule has 1 aliphatic rings. The zero-order chi connectivity index (χ0) is 16.5. The van der Waals surface area contributed by atoms with Gasteiger partial charge in [-0.3, -0.25) is 4.79 Å². The summed E-state index contributed by atoms with van der Waals surface area (Å²) >= 11 is 0. The number of carbonyl (C=O) groups excluding carboxylic acids is 1. The summed E-state index contributed by atoms with van der Waals surface area (Å²) in [5, 5.41) is 6.32. The molecular formula is C18H29N3O2. The van der Waals surface area contributed by atoms with Crippen molar-refractivity contribution < 1.29 is 9.53 Å². The van der Waals surface area contributed by atoms with Gasteiger partial charge in [0, 0.05) is 19.0 Å². The summed E-state index contributed by atoms with van der Waals surface area (Å²) in [5.41, 5.74) is 1.10. The molecule has 0 spiro atoms. The van der Waals surface area contributed by atoms with Crippen LogP contribution in [0.3, 0.4) is 0 Å². The molecule has 0 saturated carbocycles. The van der Waals surface area contributed by atoms with Crippen LogP contribution in [0.5, 0.6) is 5.75 Å². The molecule has 1 aromatic rings. The Bertz CT molecular complexity index is 468. The number of hydrogen-bond acceptors (Lipinski definition) is 4. The first-order chi connectivity index (χ1) is 11.1. The number of hydrogen-bond donors (Lipinski definition) is 2. The van der Waals surface area contributed by atoms with E-state index in [9.17, 15) is 4.79 Å². The monoisotopic (exact) mass is 319 g/mol. The van der Waals surface area contributed by atoms with Crippen LogP contribution in [0.2, 0.25) is 0 Å². The molecule has 0 radical (unpaired) electrons. The van der Waals surface area contributed by atoms with Crippen LogP contribution in [-0.2, 0) is 11.3 Å². The molecule has 1 aliphatic heterocycles. The van der Waals surface area contributed by atoms with Gasteiger partial charge in [-0.25, -0.2) is 0 Å². The van der Waals surface area contributed by atoms with E-state index in [2.05, 4.69) is 29.6 Å². The van der Waals surface area contributed by atoms with Crippen molar-refractivity contribution in [2.24, 2.45) is 5.92 Å². The van der Waals surface area contributed by atoms with Crippen molar-refractivity contribution >= 4 is 5.91 Å². The highest BCUT2D eigenvalue weighted by atomic mass is 16.5. The summed E-state index contributed by atoms with van der Waals surface area (Å²) in [6.45, 7) is 4.23. The zero-order valence-electron chi connectivity index (χ0n) is 14.3. The lowest BCUT2D eigenvalue weighted by molar-refractivity contribution is -0.125. The van der Waals surface area contributed by atoms with E-state index in [0.29, 0.717) is 6.54 Å². The molecule has 2 rings (SSSR count). The largest absolute Gasteiger partial charge is 0.494 e. The van der Waals surface area contributed by atoms with E-state index in [4.69, 9.17) is 4.74 Å². The summed E-state index contributed by atoms with van der Waals surface area (Å²) < 4.78 is 5.71. The van der Waals surface area contributed by atoms with Gasteiger partial charge in [0.15, 0.2) is 0 Å². The van der Waals surface area contributed by atoms with E-state index in [1.807, 2.05) is 24.3 Å². The lowest BCUT2D eigenvalue weighted by Gasteiger charge is -2.21. The first kappa shape index (κ1) is 17.8. The Morgan fingerprint density at radius 2 is 1.96 bits per heavy atom. The maximum atomic E-state index is 12.1. The van der Waals surface area contributed by atoms with Gasteiger partial charge in [-0.15, -0.1) is 0 Å². The third-order valence-electron chi connectivity index (χ3n) is 4.12. The Kier molecular flexibility index (Phi) is 7.36. The Balaban J connectivity index is 1.68. The molecule has 0 atom stereocenters. The van der Waals surface area contributed by atoms with E-state index < -0.39 is 0 Å². The standard InChI is InChI=1S/C18H29N3O2/c1-21(2)12-3-13-23-17-6-4-15(5-7-17)14-20-18(22)16-8-10-19-11-9-16/h4-7,16,19H,3,8-14H2,1-2H3,(H,20,22). The van der Waals surface area contributed by atoms with Gasteiger partial charge in [-0.1, -0.05) is 12.1 Å². The SMILES string of the molecule is CN(C)CCCOc1ccc(CNC(=O)C2CCNCC2)cc1. The molecule has 1 saturated heterocycles. The quantitative estimate of drug-likeness (QED) is 0.715. The van der Waals surface area contributed by atoms with Gasteiger partial charge in [0.2, 0.25) is 5.91 Å². The maximum Gasteiger partial charge on any atom is 0.223 e. The van der Waals surface area contributed by atoms with Crippen molar-refractivity contribution in [1.29, 1.82) is 0 Å². The third-order valence-corrected chi connectivity index (χ3v) is 4.12. The Labute approximate surface area is 139 Å². The fraction of sp³-hybridized carbons (Fsp3) is 0.611. The highest BCUT2D eigenvalue weighted by molar-refractivity contribution is 5.78. The topological polar surface area (TPSA) is 53.6 Å². The van der Waals surface area contributed by atoms with E-state index in [0.717, 1.165) is 56.8 Å². The van der Waals surface area contributed by atoms with Crippen molar-refractivity contribution in [2.75, 3.05) is 40.3 Å². The van der Waals surface area contributed by atoms with Gasteiger partial charge in [0.05, 0.1) is 6.61 Å². The number of nitrogens with one attached hydrogen (secondary N) is 2. The van der Waals surface area contributed by atoms with Crippen molar-refractivity contribution in [2.45, 2.75) is 25.8 Å². The van der Waals surface area contributed by atoms with Crippen LogP contribution in [0.25, 0.3) is 0 Å². The minimum Gasteiger partial charge on any atom is -0.494 e. The molecule has 0 bridgehead atoms. The molecule has 0 aliphatic carbocycles. The summed E-state index contributed by atoms with van der Waals surface area (Å²) in [7, 11) is 4.12. The molecule has 5 nitrogen and oxygen atoms in total. The molecule has 5 heteroatoms. The summed E-state index contributed by atoms with van der Waals surface area (Å²) in [6, 6.07) is 7.98. The first-order valence-corrected chi connectivity index (χ1v) is 8.50. The summed E-state index contributed by atoms with van der Waals surface area (Å²) in [6.07, 6.45) is 2.89. The fourth-order valence-electron chi connectivity index (χ4n) is 2.69. The minimum absolute atomic E-state index is 0.163. The smallest absolute Gasteiger partial charge is 0.223 e. The van der Waals surface area contributed by atoms with Crippen LogP contribution in [0.4, 0.5) is 0 Å². The van der Waals surface area contributed by atoms with Gasteiger partial charge in [0.1, 0.15) is 5.75 Å². The number of amides is 1. The predicted octanol–water partition coefficient (Wildman–Crippen LogP) is 1.63. The van der Waals surface area contributed by atoms with E-state index >= 15 is 0 Å². The first-order valence-electron chi connectivity index (χ1n) is 8.50. The van der Waals surface area contributed by atoms with Crippen LogP contribution < -0.4 is 15.4 Å². The van der Waals surface area contributed by atoms with Gasteiger partial charge >= 0.3 is 0 Å². The van der Waals surface area contributed by atoms with Crippen LogP contribution in [0.1, 0.15) is 24.8 Å². The van der Waals surface area contributed by atoms with E-state index in [-0.39, 0.29) is 11.8 Å². The Morgan fingerprint density at radius 1 is 1.26 bits per heavy atom. The molecule has 23 heavy (non-hydrogen) atoms. The molecule has 128 valence electrons. The molecule has 1 amide bonds. The second kappa shape index (κ2) is 9.53. The van der Waals surface area contributed by atoms with Crippen LogP contribution in [0, 0.1) is 5.92 Å². The Hall–Kier alpha value is -1.59. The Morgan fingerprint density at radius 3 is 2.61 bits per heavy atom. The predicted molar refractivity (Wildman–Crippen MR) is 92.5 cm³/mol. The number of carbonyl (C=O) groups is 1. The average Bonchev–Trinajstić information content (AvgIpc) is 2.58. The van der Waals surface area contributed by atoms with Crippen LogP contribution in [-0.4, -0.2) is 51.1 Å². The number of ether oxygens (including phenoxy) is 1. The number of rotatable bonds is 8. The number of benzene rings is 1. The molecular weight excluding hydrogens is 290 g/mol. The van der Waals surface area contributed by atoms with Crippen molar-refractivity contribution in [3.63, 3.8) is 0 Å².